The zero-order valence-electron chi connectivity index (χ0n) is 11.1. The molecular weight excluding hydrogens is 208 g/mol. The molecule has 1 unspecified atom stereocenters. The lowest BCUT2D eigenvalue weighted by Crippen LogP contribution is -2.05. The molecule has 2 nitrogen and oxygen atoms in total. The summed E-state index contributed by atoms with van der Waals surface area (Å²) in [6, 6.07) is 4.31. The highest BCUT2D eigenvalue weighted by Crippen LogP contribution is 2.26. The topological polar surface area (TPSA) is 38.9 Å². The molecule has 1 atom stereocenters. The van der Waals surface area contributed by atoms with Crippen molar-refractivity contribution in [2.75, 3.05) is 6.54 Å². The van der Waals surface area contributed by atoms with Crippen LogP contribution in [0.1, 0.15) is 63.4 Å². The number of hydrogen-bond acceptors (Lipinski definition) is 2. The van der Waals surface area contributed by atoms with E-state index in [1.807, 2.05) is 12.4 Å². The maximum Gasteiger partial charge on any atom is 0.0270 e. The number of nitrogens with zero attached hydrogens (tertiary/aromatic N) is 1. The summed E-state index contributed by atoms with van der Waals surface area (Å²) in [4.78, 5) is 4.09. The Hall–Kier alpha value is -0.890. The smallest absolute Gasteiger partial charge is 0.0270 e. The van der Waals surface area contributed by atoms with Crippen molar-refractivity contribution in [1.82, 2.24) is 4.98 Å². The van der Waals surface area contributed by atoms with Gasteiger partial charge in [-0.2, -0.15) is 0 Å². The molecule has 1 aromatic heterocycles. The normalized spacial score (nSPS) is 12.6. The van der Waals surface area contributed by atoms with Crippen LogP contribution >= 0.6 is 0 Å². The molecule has 0 bridgehead atoms. The van der Waals surface area contributed by atoms with Gasteiger partial charge in [0, 0.05) is 12.4 Å². The fourth-order valence-electron chi connectivity index (χ4n) is 2.30. The van der Waals surface area contributed by atoms with E-state index in [0.717, 1.165) is 13.0 Å². The Labute approximate surface area is 106 Å². The van der Waals surface area contributed by atoms with Gasteiger partial charge in [-0.05, 0) is 49.4 Å². The predicted octanol–water partition coefficient (Wildman–Crippen LogP) is 3.87. The van der Waals surface area contributed by atoms with Crippen molar-refractivity contribution >= 4 is 0 Å². The van der Waals surface area contributed by atoms with Crippen LogP contribution in [0.5, 0.6) is 0 Å². The first kappa shape index (κ1) is 14.2. The van der Waals surface area contributed by atoms with Crippen LogP contribution in [-0.2, 0) is 0 Å². The first-order chi connectivity index (χ1) is 8.38. The van der Waals surface area contributed by atoms with Gasteiger partial charge in [0.25, 0.3) is 0 Å². The molecule has 0 aromatic carbocycles. The summed E-state index contributed by atoms with van der Waals surface area (Å²) < 4.78 is 0. The molecule has 0 aliphatic rings. The molecule has 17 heavy (non-hydrogen) atoms. The number of aromatic nitrogens is 1. The quantitative estimate of drug-likeness (QED) is 0.659. The zero-order valence-corrected chi connectivity index (χ0v) is 11.1. The molecule has 96 valence electrons. The average molecular weight is 234 g/mol. The Morgan fingerprint density at radius 2 is 1.76 bits per heavy atom. The van der Waals surface area contributed by atoms with Crippen LogP contribution in [0.4, 0.5) is 0 Å². The molecule has 0 spiro atoms. The minimum Gasteiger partial charge on any atom is -0.330 e. The maximum atomic E-state index is 5.62. The van der Waals surface area contributed by atoms with Gasteiger partial charge in [0.05, 0.1) is 0 Å². The molecule has 1 heterocycles. The van der Waals surface area contributed by atoms with Gasteiger partial charge in [0.1, 0.15) is 0 Å². The van der Waals surface area contributed by atoms with Gasteiger partial charge in [0.15, 0.2) is 0 Å². The molecule has 0 aliphatic carbocycles. The molecule has 1 rings (SSSR count). The van der Waals surface area contributed by atoms with Gasteiger partial charge in [-0.3, -0.25) is 4.98 Å². The highest BCUT2D eigenvalue weighted by Gasteiger charge is 2.10. The van der Waals surface area contributed by atoms with E-state index in [9.17, 15) is 0 Å². The fourth-order valence-corrected chi connectivity index (χ4v) is 2.30. The average Bonchev–Trinajstić information content (AvgIpc) is 2.39. The number of rotatable bonds is 9. The van der Waals surface area contributed by atoms with Crippen molar-refractivity contribution in [2.24, 2.45) is 5.73 Å². The number of unbranched alkanes of at least 4 members (excludes halogenated alkanes) is 3. The standard InChI is InChI=1S/C15H26N2/c1-2-3-4-5-7-14(8-6-11-16)15-9-12-17-13-10-15/h9-10,12-14H,2-8,11,16H2,1H3. The molecule has 1 aromatic rings. The summed E-state index contributed by atoms with van der Waals surface area (Å²) in [5, 5.41) is 0. The van der Waals surface area contributed by atoms with E-state index >= 15 is 0 Å². The molecule has 2 heteroatoms. The van der Waals surface area contributed by atoms with Crippen molar-refractivity contribution in [3.63, 3.8) is 0 Å². The molecule has 0 aliphatic heterocycles. The second-order valence-corrected chi connectivity index (χ2v) is 4.76. The molecular formula is C15H26N2. The second kappa shape index (κ2) is 9.17. The van der Waals surface area contributed by atoms with Crippen LogP contribution in [0, 0.1) is 0 Å². The summed E-state index contributed by atoms with van der Waals surface area (Å²) in [6.45, 7) is 3.06. The lowest BCUT2D eigenvalue weighted by atomic mass is 9.89. The van der Waals surface area contributed by atoms with Gasteiger partial charge >= 0.3 is 0 Å². The second-order valence-electron chi connectivity index (χ2n) is 4.76. The molecule has 0 saturated heterocycles. The Kier molecular flexibility index (Phi) is 7.65. The minimum absolute atomic E-state index is 0.679. The largest absolute Gasteiger partial charge is 0.330 e. The Morgan fingerprint density at radius 1 is 1.06 bits per heavy atom. The fraction of sp³-hybridized carbons (Fsp3) is 0.667. The van der Waals surface area contributed by atoms with E-state index in [2.05, 4.69) is 24.0 Å². The highest BCUT2D eigenvalue weighted by molar-refractivity contribution is 5.15. The third kappa shape index (κ3) is 5.83. The van der Waals surface area contributed by atoms with Crippen LogP contribution < -0.4 is 5.73 Å². The Morgan fingerprint density at radius 3 is 2.41 bits per heavy atom. The van der Waals surface area contributed by atoms with E-state index in [0.29, 0.717) is 5.92 Å². The minimum atomic E-state index is 0.679. The monoisotopic (exact) mass is 234 g/mol. The number of pyridine rings is 1. The third-order valence-electron chi connectivity index (χ3n) is 3.34. The highest BCUT2D eigenvalue weighted by atomic mass is 14.6. The molecule has 0 saturated carbocycles. The van der Waals surface area contributed by atoms with E-state index < -0.39 is 0 Å². The lowest BCUT2D eigenvalue weighted by molar-refractivity contribution is 0.514. The van der Waals surface area contributed by atoms with Crippen LogP contribution in [-0.4, -0.2) is 11.5 Å². The van der Waals surface area contributed by atoms with Crippen molar-refractivity contribution in [1.29, 1.82) is 0 Å². The number of nitrogens with two attached hydrogens (primary N) is 1. The third-order valence-corrected chi connectivity index (χ3v) is 3.34. The first-order valence-corrected chi connectivity index (χ1v) is 6.98. The summed E-state index contributed by atoms with van der Waals surface area (Å²) in [5.74, 6) is 0.679. The van der Waals surface area contributed by atoms with Crippen molar-refractivity contribution in [2.45, 2.75) is 57.8 Å². The van der Waals surface area contributed by atoms with Crippen LogP contribution in [0.3, 0.4) is 0 Å². The summed E-state index contributed by atoms with van der Waals surface area (Å²) in [6.07, 6.45) is 12.8. The molecule has 0 amide bonds. The summed E-state index contributed by atoms with van der Waals surface area (Å²) >= 11 is 0. The van der Waals surface area contributed by atoms with E-state index in [4.69, 9.17) is 5.73 Å². The van der Waals surface area contributed by atoms with E-state index in [-0.39, 0.29) is 0 Å². The van der Waals surface area contributed by atoms with Gasteiger partial charge in [-0.25, -0.2) is 0 Å². The summed E-state index contributed by atoms with van der Waals surface area (Å²) in [5.41, 5.74) is 7.05. The van der Waals surface area contributed by atoms with Crippen molar-refractivity contribution in [3.05, 3.63) is 30.1 Å². The van der Waals surface area contributed by atoms with E-state index in [1.54, 1.807) is 0 Å². The Balaban J connectivity index is 2.43. The van der Waals surface area contributed by atoms with Gasteiger partial charge in [-0.1, -0.05) is 32.6 Å². The Bertz CT molecular complexity index is 272. The predicted molar refractivity (Wildman–Crippen MR) is 74.0 cm³/mol. The molecule has 0 radical (unpaired) electrons. The van der Waals surface area contributed by atoms with Crippen LogP contribution in [0.15, 0.2) is 24.5 Å². The SMILES string of the molecule is CCCCCCC(CCCN)c1ccncc1. The van der Waals surface area contributed by atoms with E-state index in [1.165, 1.54) is 44.1 Å². The van der Waals surface area contributed by atoms with Crippen molar-refractivity contribution in [3.8, 4) is 0 Å². The first-order valence-electron chi connectivity index (χ1n) is 6.98. The van der Waals surface area contributed by atoms with Crippen LogP contribution in [0.25, 0.3) is 0 Å². The van der Waals surface area contributed by atoms with Gasteiger partial charge in [0.2, 0.25) is 0 Å². The van der Waals surface area contributed by atoms with Crippen LogP contribution in [0.2, 0.25) is 0 Å². The zero-order chi connectivity index (χ0) is 12.3. The lowest BCUT2D eigenvalue weighted by Gasteiger charge is -2.16. The molecule has 0 fully saturated rings. The molecule has 2 N–H and O–H groups in total. The van der Waals surface area contributed by atoms with Gasteiger partial charge in [-0.15, -0.1) is 0 Å². The maximum absolute atomic E-state index is 5.62. The van der Waals surface area contributed by atoms with Gasteiger partial charge < -0.3 is 5.73 Å². The summed E-state index contributed by atoms with van der Waals surface area (Å²) in [7, 11) is 0. The number of hydrogen-bond donors (Lipinski definition) is 1. The van der Waals surface area contributed by atoms with Crippen molar-refractivity contribution < 1.29 is 0 Å².